The van der Waals surface area contributed by atoms with Crippen molar-refractivity contribution in [2.45, 2.75) is 6.92 Å². The van der Waals surface area contributed by atoms with E-state index in [-0.39, 0.29) is 75.0 Å². The summed E-state index contributed by atoms with van der Waals surface area (Å²) in [5.74, 6) is -1.37. The number of halogens is 1. The molecule has 0 bridgehead atoms. The van der Waals surface area contributed by atoms with Gasteiger partial charge in [0.25, 0.3) is 0 Å². The quantitative estimate of drug-likeness (QED) is 0.353. The molecule has 0 aliphatic carbocycles. The molecule has 1 N–H and O–H groups in total. The molecule has 0 aliphatic rings. The molecular formula is C23H16ClKN2O5. The molecule has 0 spiro atoms. The molecule has 0 atom stereocenters. The molecule has 2 heterocycles. The predicted octanol–water partition coefficient (Wildman–Crippen LogP) is 2.47. The molecule has 2 aromatic heterocycles. The average molecular weight is 475 g/mol. The van der Waals surface area contributed by atoms with Gasteiger partial charge in [-0.15, -0.1) is 0 Å². The number of carbonyl (C=O) groups excluding carboxylic acids is 2. The van der Waals surface area contributed by atoms with E-state index in [2.05, 4.69) is 10.3 Å². The zero-order valence-electron chi connectivity index (χ0n) is 17.3. The van der Waals surface area contributed by atoms with Gasteiger partial charge in [-0.2, -0.15) is 0 Å². The Morgan fingerprint density at radius 2 is 1.84 bits per heavy atom. The largest absolute Gasteiger partial charge is 1.00 e. The first-order valence-electron chi connectivity index (χ1n) is 9.42. The van der Waals surface area contributed by atoms with Gasteiger partial charge in [0.2, 0.25) is 0 Å². The zero-order chi connectivity index (χ0) is 22.0. The fourth-order valence-corrected chi connectivity index (χ4v) is 3.32. The Hall–Kier alpha value is -2.20. The molecule has 9 heteroatoms. The van der Waals surface area contributed by atoms with E-state index < -0.39 is 17.5 Å². The first kappa shape index (κ1) is 24.4. The van der Waals surface area contributed by atoms with Crippen molar-refractivity contribution in [1.82, 2.24) is 4.98 Å². The van der Waals surface area contributed by atoms with Crippen molar-refractivity contribution in [3.05, 3.63) is 92.6 Å². The van der Waals surface area contributed by atoms with E-state index in [1.165, 1.54) is 6.07 Å². The standard InChI is InChI=1S/C23H17ClN2O5.K/c1-2-30-22(28)15-12-19(26-21(27)13-7-4-3-5-8-13)23(29)31-20(15)18-11-14-16(24)9-6-10-17(14)25-18;/h3-12H,2H2,1H3,(H2,25,26,27,28,29);/q;+1/p-1. The number of benzene rings is 2. The Bertz CT molecular complexity index is 1350. The number of hydrogen-bond acceptors (Lipinski definition) is 5. The molecule has 0 fully saturated rings. The van der Waals surface area contributed by atoms with Crippen molar-refractivity contribution in [3.63, 3.8) is 0 Å². The monoisotopic (exact) mass is 474 g/mol. The summed E-state index contributed by atoms with van der Waals surface area (Å²) in [4.78, 5) is 40.7. The summed E-state index contributed by atoms with van der Waals surface area (Å²) in [5, 5.41) is 5.04. The van der Waals surface area contributed by atoms with Crippen LogP contribution >= 0.6 is 11.6 Å². The van der Waals surface area contributed by atoms with E-state index in [1.807, 2.05) is 0 Å². The van der Waals surface area contributed by atoms with Crippen LogP contribution in [-0.2, 0) is 4.74 Å². The summed E-state index contributed by atoms with van der Waals surface area (Å²) >= 11 is 6.23. The minimum atomic E-state index is -0.864. The number of fused-ring (bicyclic) bond motifs is 1. The van der Waals surface area contributed by atoms with Crippen molar-refractivity contribution in [2.24, 2.45) is 0 Å². The van der Waals surface area contributed by atoms with E-state index in [0.717, 1.165) is 0 Å². The Balaban J connectivity index is 0.00000289. The van der Waals surface area contributed by atoms with Crippen LogP contribution in [0.1, 0.15) is 27.6 Å². The number of aromatic amines is 1. The molecule has 4 aromatic rings. The Kier molecular flexibility index (Phi) is 8.10. The predicted molar refractivity (Wildman–Crippen MR) is 117 cm³/mol. The molecule has 32 heavy (non-hydrogen) atoms. The normalized spacial score (nSPS) is 10.4. The van der Waals surface area contributed by atoms with Crippen LogP contribution in [0, 0.1) is 0 Å². The summed E-state index contributed by atoms with van der Waals surface area (Å²) in [5.41, 5.74) is 0.168. The maximum absolute atomic E-state index is 12.6. The van der Waals surface area contributed by atoms with Crippen molar-refractivity contribution in [2.75, 3.05) is 6.61 Å². The van der Waals surface area contributed by atoms with Gasteiger partial charge in [-0.25, -0.2) is 9.59 Å². The smallest absolute Gasteiger partial charge is 0.617 e. The van der Waals surface area contributed by atoms with Gasteiger partial charge in [0.15, 0.2) is 5.76 Å². The van der Waals surface area contributed by atoms with Gasteiger partial charge >= 0.3 is 63.0 Å². The number of nitrogens with one attached hydrogen (secondary N) is 1. The second-order valence-electron chi connectivity index (χ2n) is 6.55. The van der Waals surface area contributed by atoms with Crippen LogP contribution in [0.5, 0.6) is 0 Å². The molecule has 1 amide bonds. The van der Waals surface area contributed by atoms with Gasteiger partial charge in [-0.05, 0) is 36.4 Å². The summed E-state index contributed by atoms with van der Waals surface area (Å²) in [6, 6.07) is 16.4. The second kappa shape index (κ2) is 10.6. The minimum absolute atomic E-state index is 0. The van der Waals surface area contributed by atoms with E-state index in [1.54, 1.807) is 61.5 Å². The number of aromatic nitrogens is 1. The van der Waals surface area contributed by atoms with Gasteiger partial charge < -0.3 is 24.2 Å². The van der Waals surface area contributed by atoms with Crippen LogP contribution in [0.3, 0.4) is 0 Å². The first-order chi connectivity index (χ1) is 15.0. The van der Waals surface area contributed by atoms with E-state index >= 15 is 0 Å². The van der Waals surface area contributed by atoms with E-state index in [4.69, 9.17) is 20.8 Å². The molecular weight excluding hydrogens is 459 g/mol. The number of ether oxygens (including phenoxy) is 1. The molecule has 0 saturated heterocycles. The van der Waals surface area contributed by atoms with E-state index in [0.29, 0.717) is 27.2 Å². The van der Waals surface area contributed by atoms with Crippen LogP contribution in [0.15, 0.2) is 69.9 Å². The first-order valence-corrected chi connectivity index (χ1v) is 9.79. The van der Waals surface area contributed by atoms with Gasteiger partial charge in [0.1, 0.15) is 5.56 Å². The number of amides is 1. The summed E-state index contributed by atoms with van der Waals surface area (Å²) in [6.07, 6.45) is 0. The van der Waals surface area contributed by atoms with Gasteiger partial charge in [0, 0.05) is 15.9 Å². The summed E-state index contributed by atoms with van der Waals surface area (Å²) in [6.45, 7) is 1.77. The number of esters is 1. The number of rotatable bonds is 5. The molecule has 4 rings (SSSR count). The van der Waals surface area contributed by atoms with Crippen molar-refractivity contribution < 1.29 is 70.1 Å². The third kappa shape index (κ3) is 5.06. The summed E-state index contributed by atoms with van der Waals surface area (Å²) < 4.78 is 10.5. The van der Waals surface area contributed by atoms with Gasteiger partial charge in [0.05, 0.1) is 18.2 Å². The maximum Gasteiger partial charge on any atom is 1.00 e. The Labute approximate surface area is 230 Å². The van der Waals surface area contributed by atoms with Gasteiger partial charge in [-0.1, -0.05) is 54.1 Å². The third-order valence-corrected chi connectivity index (χ3v) is 4.85. The third-order valence-electron chi connectivity index (χ3n) is 4.52. The molecule has 0 unspecified atom stereocenters. The van der Waals surface area contributed by atoms with Crippen molar-refractivity contribution in [1.29, 1.82) is 0 Å². The van der Waals surface area contributed by atoms with Crippen molar-refractivity contribution >= 4 is 40.1 Å². The van der Waals surface area contributed by atoms with Crippen molar-refractivity contribution in [3.8, 4) is 11.5 Å². The number of H-pyrrole nitrogens is 1. The zero-order valence-corrected chi connectivity index (χ0v) is 21.2. The fraction of sp³-hybridized carbons (Fsp3) is 0.0870. The Morgan fingerprint density at radius 1 is 1.09 bits per heavy atom. The topological polar surface area (TPSA) is 103 Å². The number of nitrogens with zero attached hydrogens (tertiary/aromatic N) is 1. The fourth-order valence-electron chi connectivity index (χ4n) is 3.09. The summed E-state index contributed by atoms with van der Waals surface area (Å²) in [7, 11) is 0. The molecule has 156 valence electrons. The van der Waals surface area contributed by atoms with Crippen LogP contribution in [0.4, 0.5) is 5.69 Å². The minimum Gasteiger partial charge on any atom is -0.617 e. The Morgan fingerprint density at radius 3 is 2.53 bits per heavy atom. The average Bonchev–Trinajstić information content (AvgIpc) is 3.21. The van der Waals surface area contributed by atoms with Crippen LogP contribution in [-0.4, -0.2) is 23.5 Å². The molecule has 0 saturated carbocycles. The second-order valence-corrected chi connectivity index (χ2v) is 6.96. The molecule has 7 nitrogen and oxygen atoms in total. The molecule has 0 aliphatic heterocycles. The van der Waals surface area contributed by atoms with E-state index in [9.17, 15) is 14.4 Å². The maximum atomic E-state index is 12.6. The van der Waals surface area contributed by atoms with Crippen LogP contribution in [0.25, 0.3) is 27.7 Å². The number of hydrogen-bond donors (Lipinski definition) is 1. The molecule has 0 radical (unpaired) electrons. The van der Waals surface area contributed by atoms with Crippen LogP contribution < -0.4 is 57.0 Å². The van der Waals surface area contributed by atoms with Crippen LogP contribution in [0.2, 0.25) is 5.02 Å². The van der Waals surface area contributed by atoms with Gasteiger partial charge in [-0.3, -0.25) is 0 Å². The SMILES string of the molecule is CCOC(=O)c1cc([N-]C(=O)c2ccccc2)c(=O)oc1-c1cc2c(Cl)cccc2[nH]1.[K+]. The molecule has 2 aromatic carbocycles. The number of carbonyl (C=O) groups is 2.